The van der Waals surface area contributed by atoms with Crippen molar-refractivity contribution in [3.8, 4) is 0 Å². The predicted molar refractivity (Wildman–Crippen MR) is 162 cm³/mol. The van der Waals surface area contributed by atoms with Crippen molar-refractivity contribution in [2.45, 2.75) is 123 Å². The molecule has 1 aromatic rings. The monoisotopic (exact) mass is 482 g/mol. The Morgan fingerprint density at radius 2 is 1.00 bits per heavy atom. The number of halogens is 1. The van der Waals surface area contributed by atoms with Crippen molar-refractivity contribution in [2.75, 3.05) is 5.88 Å². The second-order valence-electron chi connectivity index (χ2n) is 8.17. The molecule has 0 aliphatic rings. The van der Waals surface area contributed by atoms with E-state index in [0.717, 1.165) is 12.3 Å². The summed E-state index contributed by atoms with van der Waals surface area (Å²) >= 11 is 5.13. The minimum absolute atomic E-state index is 0.667. The van der Waals surface area contributed by atoms with Crippen molar-refractivity contribution in [1.82, 2.24) is 0 Å². The molecule has 204 valence electrons. The summed E-state index contributed by atoms with van der Waals surface area (Å²) in [4.78, 5) is 0. The number of hydrogen-bond acceptors (Lipinski definition) is 0. The molecule has 33 heavy (non-hydrogen) atoms. The third-order valence-electron chi connectivity index (χ3n) is 3.07. The van der Waals surface area contributed by atoms with Gasteiger partial charge in [-0.2, -0.15) is 93.2 Å². The summed E-state index contributed by atoms with van der Waals surface area (Å²) in [6, 6.07) is 10.5. The average Bonchev–Trinajstić information content (AvgIpc) is 2.81. The van der Waals surface area contributed by atoms with Crippen LogP contribution in [0.3, 0.4) is 0 Å². The second-order valence-corrected chi connectivity index (χ2v) is 8.48. The number of benzene rings is 1. The van der Waals surface area contributed by atoms with Crippen LogP contribution in [0.2, 0.25) is 0 Å². The molecule has 1 heteroatoms. The lowest BCUT2D eigenvalue weighted by Gasteiger charge is -2.02. The molecule has 0 aromatic heterocycles. The molecule has 0 aliphatic carbocycles. The van der Waals surface area contributed by atoms with Gasteiger partial charge in [0.2, 0.25) is 0 Å². The molecule has 0 atom stereocenters. The SMILES string of the molecule is CCC(C)C.C[C-](C)C.C[CH-]C.C[CH-]CC.C[CH-]CC.C[CH-]CCl.C[CH-]Cc1ccccc1. The van der Waals surface area contributed by atoms with Crippen molar-refractivity contribution >= 4 is 11.6 Å². The molecule has 0 saturated carbocycles. The number of hydrogen-bond donors (Lipinski definition) is 0. The number of alkyl halides is 1. The van der Waals surface area contributed by atoms with Crippen molar-refractivity contribution in [3.63, 3.8) is 0 Å². The van der Waals surface area contributed by atoms with Crippen LogP contribution in [0.1, 0.15) is 122 Å². The zero-order valence-electron chi connectivity index (χ0n) is 25.3. The minimum Gasteiger partial charge on any atom is -0.335 e. The first-order valence-electron chi connectivity index (χ1n) is 12.8. The highest BCUT2D eigenvalue weighted by Crippen LogP contribution is 2.00. The smallest absolute Gasteiger partial charge is 0.0474 e. The predicted octanol–water partition coefficient (Wildman–Crippen LogP) is 12.0. The van der Waals surface area contributed by atoms with Crippen LogP contribution in [0.15, 0.2) is 30.3 Å². The summed E-state index contributed by atoms with van der Waals surface area (Å²) in [7, 11) is 0. The largest absolute Gasteiger partial charge is 0.335 e. The molecule has 0 spiro atoms. The van der Waals surface area contributed by atoms with Crippen LogP contribution in [0.5, 0.6) is 0 Å². The summed E-state index contributed by atoms with van der Waals surface area (Å²) in [6.07, 6.45) is 15.1. The van der Waals surface area contributed by atoms with Crippen molar-refractivity contribution in [3.05, 3.63) is 73.9 Å². The average molecular weight is 483 g/mol. The summed E-state index contributed by atoms with van der Waals surface area (Å²) in [5.41, 5.74) is 1.39. The van der Waals surface area contributed by atoms with Gasteiger partial charge in [-0.3, -0.25) is 0 Å². The van der Waals surface area contributed by atoms with E-state index < -0.39 is 0 Å². The van der Waals surface area contributed by atoms with E-state index in [0.29, 0.717) is 5.88 Å². The van der Waals surface area contributed by atoms with Gasteiger partial charge >= 0.3 is 0 Å². The topological polar surface area (TPSA) is 0 Å². The van der Waals surface area contributed by atoms with Gasteiger partial charge in [-0.1, -0.05) is 76.9 Å². The first-order chi connectivity index (χ1) is 15.6. The fourth-order valence-corrected chi connectivity index (χ4v) is 0.850. The van der Waals surface area contributed by atoms with Crippen LogP contribution in [-0.4, -0.2) is 5.88 Å². The van der Waals surface area contributed by atoms with Gasteiger partial charge in [0.25, 0.3) is 0 Å². The lowest BCUT2D eigenvalue weighted by molar-refractivity contribution is 0.626. The second kappa shape index (κ2) is 53.1. The minimum atomic E-state index is 0.667. The van der Waals surface area contributed by atoms with Gasteiger partial charge in [-0.25, -0.2) is 0 Å². The van der Waals surface area contributed by atoms with Gasteiger partial charge in [0.1, 0.15) is 0 Å². The van der Waals surface area contributed by atoms with Gasteiger partial charge in [0.15, 0.2) is 0 Å². The molecular formula is C32H63Cl-6. The Morgan fingerprint density at radius 3 is 1.15 bits per heavy atom. The highest BCUT2D eigenvalue weighted by Gasteiger charge is 1.80. The van der Waals surface area contributed by atoms with Crippen molar-refractivity contribution in [2.24, 2.45) is 5.92 Å². The fourth-order valence-electron chi connectivity index (χ4n) is 0.850. The molecule has 0 bridgehead atoms. The van der Waals surface area contributed by atoms with Crippen LogP contribution < -0.4 is 0 Å². The van der Waals surface area contributed by atoms with Crippen LogP contribution in [0.25, 0.3) is 0 Å². The lowest BCUT2D eigenvalue weighted by atomic mass is 10.1. The molecule has 0 heterocycles. The van der Waals surface area contributed by atoms with E-state index >= 15 is 0 Å². The number of unbranched alkanes of at least 4 members (excludes halogenated alkanes) is 2. The van der Waals surface area contributed by atoms with Crippen LogP contribution in [0.4, 0.5) is 0 Å². The van der Waals surface area contributed by atoms with E-state index in [1.807, 2.05) is 39.7 Å². The maximum Gasteiger partial charge on any atom is -0.0474 e. The van der Waals surface area contributed by atoms with Gasteiger partial charge in [0, 0.05) is 0 Å². The zero-order chi connectivity index (χ0) is 27.3. The van der Waals surface area contributed by atoms with Gasteiger partial charge in [0.05, 0.1) is 0 Å². The number of rotatable bonds is 6. The molecule has 1 aromatic carbocycles. The normalized spacial score (nSPS) is 8.39. The fraction of sp³-hybridized carbons (Fsp3) is 0.625. The van der Waals surface area contributed by atoms with Gasteiger partial charge in [-0.05, 0) is 5.92 Å². The quantitative estimate of drug-likeness (QED) is 0.279. The Bertz CT molecular complexity index is 311. The Balaban J connectivity index is -0.0000000674. The summed E-state index contributed by atoms with van der Waals surface area (Å²) < 4.78 is 0. The molecule has 0 saturated heterocycles. The van der Waals surface area contributed by atoms with Crippen molar-refractivity contribution in [1.29, 1.82) is 0 Å². The van der Waals surface area contributed by atoms with Crippen LogP contribution in [-0.2, 0) is 6.42 Å². The highest BCUT2D eigenvalue weighted by atomic mass is 35.5. The van der Waals surface area contributed by atoms with E-state index in [1.54, 1.807) is 0 Å². The maximum atomic E-state index is 5.13. The van der Waals surface area contributed by atoms with Crippen LogP contribution >= 0.6 is 11.6 Å². The summed E-state index contributed by atoms with van der Waals surface area (Å²) in [6.45, 7) is 29.3. The molecule has 0 fully saturated rings. The van der Waals surface area contributed by atoms with Gasteiger partial charge in [-0.15, -0.1) is 5.88 Å². The summed E-state index contributed by atoms with van der Waals surface area (Å²) in [5.74, 6) is 2.97. The van der Waals surface area contributed by atoms with E-state index in [9.17, 15) is 0 Å². The Kier molecular flexibility index (Phi) is 73.9. The van der Waals surface area contributed by atoms with E-state index in [2.05, 4.69) is 120 Å². The highest BCUT2D eigenvalue weighted by molar-refractivity contribution is 6.18. The Morgan fingerprint density at radius 1 is 0.727 bits per heavy atom. The molecule has 0 N–H and O–H groups in total. The molecule has 0 nitrogen and oxygen atoms in total. The Labute approximate surface area is 219 Å². The third kappa shape index (κ3) is 114. The van der Waals surface area contributed by atoms with Crippen LogP contribution in [0, 0.1) is 43.9 Å². The molecule has 0 unspecified atom stereocenters. The maximum absolute atomic E-state index is 5.13. The Hall–Kier alpha value is -0.490. The van der Waals surface area contributed by atoms with E-state index in [-0.39, 0.29) is 0 Å². The standard InChI is InChI=1S/C9H11.C5H12.3C4H9.C3H6Cl.C3H7/c1-2-6-9-7-4-3-5-8-9;1-4-5(2)3;1-4(2)3;2*1-3-4-2;1-2-3-4;1-3-2/h2-5,7-8H,6H2,1H3;5H,4H2,1-3H3;1-3H3;2*3H,4H2,1-2H3;2H,3H2,1H3;3H,1-2H3/q-1;;5*-1. The molecular weight excluding hydrogens is 420 g/mol. The zero-order valence-corrected chi connectivity index (χ0v) is 26.0. The third-order valence-corrected chi connectivity index (χ3v) is 3.38. The van der Waals surface area contributed by atoms with Gasteiger partial charge < -0.3 is 38.0 Å². The first-order valence-corrected chi connectivity index (χ1v) is 13.3. The van der Waals surface area contributed by atoms with E-state index in [4.69, 9.17) is 11.6 Å². The summed E-state index contributed by atoms with van der Waals surface area (Å²) in [5, 5.41) is 0. The first kappa shape index (κ1) is 45.9. The lowest BCUT2D eigenvalue weighted by Crippen LogP contribution is -1.79. The molecule has 1 rings (SSSR count). The van der Waals surface area contributed by atoms with Crippen molar-refractivity contribution < 1.29 is 0 Å². The molecule has 0 aliphatic heterocycles. The van der Waals surface area contributed by atoms with E-state index in [1.165, 1.54) is 30.7 Å². The molecule has 0 radical (unpaired) electrons. The molecule has 0 amide bonds.